The fourth-order valence-corrected chi connectivity index (χ4v) is 1.81. The first-order chi connectivity index (χ1) is 6.83. The standard InChI is InChI=1S/C10H16N2OS/c11-4-1-2-5-12-10(13)7-9-3-6-14-8-9/h3,6,8H,1-2,4-5,7,11H2,(H,12,13). The van der Waals surface area contributed by atoms with E-state index >= 15 is 0 Å². The van der Waals surface area contributed by atoms with Crippen molar-refractivity contribution in [3.8, 4) is 0 Å². The highest BCUT2D eigenvalue weighted by molar-refractivity contribution is 7.07. The van der Waals surface area contributed by atoms with E-state index in [0.29, 0.717) is 13.0 Å². The molecule has 1 aromatic heterocycles. The van der Waals surface area contributed by atoms with Crippen molar-refractivity contribution in [2.45, 2.75) is 19.3 Å². The van der Waals surface area contributed by atoms with Crippen LogP contribution < -0.4 is 11.1 Å². The second kappa shape index (κ2) is 6.56. The van der Waals surface area contributed by atoms with E-state index in [1.165, 1.54) is 0 Å². The highest BCUT2D eigenvalue weighted by Crippen LogP contribution is 2.06. The molecule has 0 aromatic carbocycles. The molecule has 1 heterocycles. The van der Waals surface area contributed by atoms with Crippen LogP contribution in [0.2, 0.25) is 0 Å². The molecule has 0 unspecified atom stereocenters. The molecule has 0 atom stereocenters. The van der Waals surface area contributed by atoms with E-state index in [-0.39, 0.29) is 5.91 Å². The van der Waals surface area contributed by atoms with Crippen LogP contribution in [0.5, 0.6) is 0 Å². The zero-order chi connectivity index (χ0) is 10.2. The third kappa shape index (κ3) is 4.39. The van der Waals surface area contributed by atoms with Crippen molar-refractivity contribution in [3.05, 3.63) is 22.4 Å². The van der Waals surface area contributed by atoms with Gasteiger partial charge in [0.2, 0.25) is 5.91 Å². The third-order valence-corrected chi connectivity index (χ3v) is 2.63. The van der Waals surface area contributed by atoms with Crippen LogP contribution >= 0.6 is 11.3 Å². The molecule has 14 heavy (non-hydrogen) atoms. The Hall–Kier alpha value is -0.870. The molecule has 0 aliphatic carbocycles. The number of rotatable bonds is 6. The van der Waals surface area contributed by atoms with E-state index in [0.717, 1.165) is 24.9 Å². The van der Waals surface area contributed by atoms with Gasteiger partial charge in [-0.05, 0) is 41.8 Å². The molecule has 1 rings (SSSR count). The summed E-state index contributed by atoms with van der Waals surface area (Å²) in [6, 6.07) is 1.98. The average molecular weight is 212 g/mol. The van der Waals surface area contributed by atoms with Gasteiger partial charge in [0.05, 0.1) is 6.42 Å². The SMILES string of the molecule is NCCCCNC(=O)Cc1ccsc1. The Morgan fingerprint density at radius 3 is 3.00 bits per heavy atom. The molecule has 0 fully saturated rings. The van der Waals surface area contributed by atoms with Crippen molar-refractivity contribution in [3.63, 3.8) is 0 Å². The van der Waals surface area contributed by atoms with Gasteiger partial charge in [-0.25, -0.2) is 0 Å². The van der Waals surface area contributed by atoms with Gasteiger partial charge in [-0.15, -0.1) is 0 Å². The summed E-state index contributed by atoms with van der Waals surface area (Å²) >= 11 is 1.62. The number of unbranched alkanes of at least 4 members (excludes halogenated alkanes) is 1. The molecular formula is C10H16N2OS. The largest absolute Gasteiger partial charge is 0.356 e. The molecular weight excluding hydrogens is 196 g/mol. The third-order valence-electron chi connectivity index (χ3n) is 1.90. The summed E-state index contributed by atoms with van der Waals surface area (Å²) in [4.78, 5) is 11.3. The topological polar surface area (TPSA) is 55.1 Å². The number of nitrogens with one attached hydrogen (secondary N) is 1. The van der Waals surface area contributed by atoms with Crippen molar-refractivity contribution in [1.29, 1.82) is 0 Å². The minimum atomic E-state index is 0.0976. The number of hydrogen-bond donors (Lipinski definition) is 2. The Balaban J connectivity index is 2.11. The lowest BCUT2D eigenvalue weighted by Crippen LogP contribution is -2.26. The van der Waals surface area contributed by atoms with Gasteiger partial charge in [0, 0.05) is 6.54 Å². The molecule has 78 valence electrons. The van der Waals surface area contributed by atoms with Crippen molar-refractivity contribution in [2.24, 2.45) is 5.73 Å². The van der Waals surface area contributed by atoms with Gasteiger partial charge in [0.15, 0.2) is 0 Å². The molecule has 0 bridgehead atoms. The lowest BCUT2D eigenvalue weighted by atomic mass is 10.2. The number of thiophene rings is 1. The van der Waals surface area contributed by atoms with Crippen LogP contribution in [0.25, 0.3) is 0 Å². The normalized spacial score (nSPS) is 10.1. The van der Waals surface area contributed by atoms with E-state index in [4.69, 9.17) is 5.73 Å². The molecule has 1 amide bonds. The molecule has 3 N–H and O–H groups in total. The first kappa shape index (κ1) is 11.2. The maximum atomic E-state index is 11.3. The van der Waals surface area contributed by atoms with Crippen molar-refractivity contribution < 1.29 is 4.79 Å². The predicted molar refractivity (Wildman–Crippen MR) is 59.3 cm³/mol. The first-order valence-electron chi connectivity index (χ1n) is 4.81. The zero-order valence-corrected chi connectivity index (χ0v) is 8.98. The fraction of sp³-hybridized carbons (Fsp3) is 0.500. The Kier molecular flexibility index (Phi) is 5.25. The predicted octanol–water partition coefficient (Wildman–Crippen LogP) is 1.15. The molecule has 4 heteroatoms. The smallest absolute Gasteiger partial charge is 0.224 e. The van der Waals surface area contributed by atoms with Crippen LogP contribution in [0.1, 0.15) is 18.4 Å². The van der Waals surface area contributed by atoms with E-state index < -0.39 is 0 Å². The molecule has 3 nitrogen and oxygen atoms in total. The summed E-state index contributed by atoms with van der Waals surface area (Å²) in [5.41, 5.74) is 6.43. The minimum Gasteiger partial charge on any atom is -0.356 e. The van der Waals surface area contributed by atoms with Crippen LogP contribution in [0.3, 0.4) is 0 Å². The molecule has 0 saturated heterocycles. The Morgan fingerprint density at radius 1 is 1.50 bits per heavy atom. The second-order valence-corrected chi connectivity index (χ2v) is 3.93. The number of hydrogen-bond acceptors (Lipinski definition) is 3. The molecule has 0 aliphatic heterocycles. The Bertz CT molecular complexity index is 259. The quantitative estimate of drug-likeness (QED) is 0.695. The number of carbonyl (C=O) groups is 1. The Morgan fingerprint density at radius 2 is 2.36 bits per heavy atom. The fourth-order valence-electron chi connectivity index (χ4n) is 1.14. The van der Waals surface area contributed by atoms with E-state index in [1.54, 1.807) is 11.3 Å². The van der Waals surface area contributed by atoms with Crippen molar-refractivity contribution in [2.75, 3.05) is 13.1 Å². The van der Waals surface area contributed by atoms with Crippen LogP contribution in [0, 0.1) is 0 Å². The van der Waals surface area contributed by atoms with Crippen molar-refractivity contribution >= 4 is 17.2 Å². The maximum absolute atomic E-state index is 11.3. The summed E-state index contributed by atoms with van der Waals surface area (Å²) in [5.74, 6) is 0.0976. The van der Waals surface area contributed by atoms with Crippen LogP contribution in [0.15, 0.2) is 16.8 Å². The molecule has 0 radical (unpaired) electrons. The van der Waals surface area contributed by atoms with Crippen LogP contribution in [0.4, 0.5) is 0 Å². The first-order valence-corrected chi connectivity index (χ1v) is 5.75. The van der Waals surface area contributed by atoms with Gasteiger partial charge < -0.3 is 11.1 Å². The highest BCUT2D eigenvalue weighted by Gasteiger charge is 2.01. The average Bonchev–Trinajstić information content (AvgIpc) is 2.65. The summed E-state index contributed by atoms with van der Waals surface area (Å²) in [6.07, 6.45) is 2.43. The summed E-state index contributed by atoms with van der Waals surface area (Å²) in [5, 5.41) is 6.85. The van der Waals surface area contributed by atoms with Gasteiger partial charge >= 0.3 is 0 Å². The van der Waals surface area contributed by atoms with Crippen LogP contribution in [-0.2, 0) is 11.2 Å². The zero-order valence-electron chi connectivity index (χ0n) is 8.16. The summed E-state index contributed by atoms with van der Waals surface area (Å²) < 4.78 is 0. The number of carbonyl (C=O) groups excluding carboxylic acids is 1. The minimum absolute atomic E-state index is 0.0976. The second-order valence-electron chi connectivity index (χ2n) is 3.15. The molecule has 1 aromatic rings. The summed E-state index contributed by atoms with van der Waals surface area (Å²) in [7, 11) is 0. The molecule has 0 spiro atoms. The van der Waals surface area contributed by atoms with Crippen LogP contribution in [-0.4, -0.2) is 19.0 Å². The molecule has 0 aliphatic rings. The van der Waals surface area contributed by atoms with E-state index in [1.807, 2.05) is 16.8 Å². The lowest BCUT2D eigenvalue weighted by Gasteiger charge is -2.02. The maximum Gasteiger partial charge on any atom is 0.224 e. The number of amides is 1. The van der Waals surface area contributed by atoms with Gasteiger partial charge in [0.25, 0.3) is 0 Å². The highest BCUT2D eigenvalue weighted by atomic mass is 32.1. The van der Waals surface area contributed by atoms with Gasteiger partial charge in [-0.1, -0.05) is 0 Å². The summed E-state index contributed by atoms with van der Waals surface area (Å²) in [6.45, 7) is 1.43. The van der Waals surface area contributed by atoms with Gasteiger partial charge in [0.1, 0.15) is 0 Å². The molecule has 0 saturated carbocycles. The van der Waals surface area contributed by atoms with Gasteiger partial charge in [-0.3, -0.25) is 4.79 Å². The lowest BCUT2D eigenvalue weighted by molar-refractivity contribution is -0.120. The van der Waals surface area contributed by atoms with Crippen molar-refractivity contribution in [1.82, 2.24) is 5.32 Å². The van der Waals surface area contributed by atoms with E-state index in [2.05, 4.69) is 5.32 Å². The van der Waals surface area contributed by atoms with Gasteiger partial charge in [-0.2, -0.15) is 11.3 Å². The van der Waals surface area contributed by atoms with E-state index in [9.17, 15) is 4.79 Å². The Labute approximate surface area is 88.3 Å². The monoisotopic (exact) mass is 212 g/mol. The number of nitrogens with two attached hydrogens (primary N) is 1.